The predicted molar refractivity (Wildman–Crippen MR) is 70.5 cm³/mol. The van der Waals surface area contributed by atoms with Crippen molar-refractivity contribution in [2.24, 2.45) is 0 Å². The van der Waals surface area contributed by atoms with E-state index < -0.39 is 17.5 Å². The first kappa shape index (κ1) is 14.1. The van der Waals surface area contributed by atoms with Crippen LogP contribution in [0.25, 0.3) is 0 Å². The van der Waals surface area contributed by atoms with Gasteiger partial charge in [-0.3, -0.25) is 0 Å². The van der Waals surface area contributed by atoms with Gasteiger partial charge in [-0.25, -0.2) is 13.2 Å². The number of benzene rings is 1. The van der Waals surface area contributed by atoms with E-state index in [1.165, 1.54) is 0 Å². The standard InChI is InChI=1S/C14H14F3NS/c1-2-13(14-4-3-5-19-14)18-8-9-6-11(16)12(17)7-10(9)15/h3-7,13,18H,2,8H2,1H3. The van der Waals surface area contributed by atoms with Gasteiger partial charge in [-0.05, 0) is 23.9 Å². The van der Waals surface area contributed by atoms with Gasteiger partial charge in [0, 0.05) is 29.1 Å². The molecule has 1 aromatic heterocycles. The maximum absolute atomic E-state index is 13.5. The number of nitrogens with one attached hydrogen (secondary N) is 1. The Bertz CT molecular complexity index is 540. The van der Waals surface area contributed by atoms with Crippen molar-refractivity contribution in [3.8, 4) is 0 Å². The van der Waals surface area contributed by atoms with Crippen molar-refractivity contribution in [1.82, 2.24) is 5.32 Å². The number of hydrogen-bond acceptors (Lipinski definition) is 2. The summed E-state index contributed by atoms with van der Waals surface area (Å²) in [7, 11) is 0. The van der Waals surface area contributed by atoms with Crippen LogP contribution in [-0.4, -0.2) is 0 Å². The second-order valence-corrected chi connectivity index (χ2v) is 5.19. The third kappa shape index (κ3) is 3.36. The second kappa shape index (κ2) is 6.21. The van der Waals surface area contributed by atoms with Crippen LogP contribution < -0.4 is 5.32 Å². The summed E-state index contributed by atoms with van der Waals surface area (Å²) in [6.07, 6.45) is 0.839. The average molecular weight is 285 g/mol. The molecule has 0 amide bonds. The van der Waals surface area contributed by atoms with E-state index in [4.69, 9.17) is 0 Å². The van der Waals surface area contributed by atoms with Crippen LogP contribution in [0.5, 0.6) is 0 Å². The molecular formula is C14H14F3NS. The molecule has 0 bridgehead atoms. The summed E-state index contributed by atoms with van der Waals surface area (Å²) >= 11 is 1.61. The second-order valence-electron chi connectivity index (χ2n) is 4.21. The molecule has 0 spiro atoms. The van der Waals surface area contributed by atoms with Crippen LogP contribution in [-0.2, 0) is 6.54 Å². The molecule has 1 atom stereocenters. The van der Waals surface area contributed by atoms with E-state index in [9.17, 15) is 13.2 Å². The van der Waals surface area contributed by atoms with Crippen molar-refractivity contribution >= 4 is 11.3 Å². The van der Waals surface area contributed by atoms with Crippen molar-refractivity contribution in [2.75, 3.05) is 0 Å². The highest BCUT2D eigenvalue weighted by Crippen LogP contribution is 2.22. The van der Waals surface area contributed by atoms with E-state index in [0.717, 1.165) is 17.4 Å². The molecule has 1 N–H and O–H groups in total. The monoisotopic (exact) mass is 285 g/mol. The first-order valence-electron chi connectivity index (χ1n) is 6.02. The molecule has 1 aromatic carbocycles. The molecule has 0 aliphatic carbocycles. The molecule has 0 aliphatic heterocycles. The van der Waals surface area contributed by atoms with Gasteiger partial charge in [0.1, 0.15) is 5.82 Å². The Labute approximate surface area is 114 Å². The molecule has 5 heteroatoms. The topological polar surface area (TPSA) is 12.0 Å². The van der Waals surface area contributed by atoms with Crippen LogP contribution in [0.1, 0.15) is 29.8 Å². The Kier molecular flexibility index (Phi) is 4.61. The number of thiophene rings is 1. The van der Waals surface area contributed by atoms with Crippen LogP contribution in [0.2, 0.25) is 0 Å². The summed E-state index contributed by atoms with van der Waals surface area (Å²) in [5.41, 5.74) is 0.133. The van der Waals surface area contributed by atoms with Crippen LogP contribution in [0.3, 0.4) is 0 Å². The van der Waals surface area contributed by atoms with Crippen molar-refractivity contribution in [3.63, 3.8) is 0 Å². The van der Waals surface area contributed by atoms with E-state index in [-0.39, 0.29) is 18.2 Å². The molecule has 1 unspecified atom stereocenters. The third-order valence-corrected chi connectivity index (χ3v) is 3.91. The highest BCUT2D eigenvalue weighted by molar-refractivity contribution is 7.10. The number of halogens is 3. The molecule has 1 heterocycles. The maximum atomic E-state index is 13.5. The van der Waals surface area contributed by atoms with E-state index >= 15 is 0 Å². The molecule has 1 nitrogen and oxygen atoms in total. The van der Waals surface area contributed by atoms with Gasteiger partial charge in [0.25, 0.3) is 0 Å². The van der Waals surface area contributed by atoms with Crippen molar-refractivity contribution in [3.05, 3.63) is 57.5 Å². The van der Waals surface area contributed by atoms with Crippen molar-refractivity contribution in [1.29, 1.82) is 0 Å². The van der Waals surface area contributed by atoms with Crippen LogP contribution in [0.15, 0.2) is 29.6 Å². The molecule has 2 aromatic rings. The Morgan fingerprint density at radius 1 is 1.16 bits per heavy atom. The molecule has 0 saturated carbocycles. The van der Waals surface area contributed by atoms with Gasteiger partial charge in [0.15, 0.2) is 11.6 Å². The van der Waals surface area contributed by atoms with E-state index in [0.29, 0.717) is 6.07 Å². The smallest absolute Gasteiger partial charge is 0.161 e. The maximum Gasteiger partial charge on any atom is 0.161 e. The summed E-state index contributed by atoms with van der Waals surface area (Å²) in [6, 6.07) is 5.51. The van der Waals surface area contributed by atoms with Crippen molar-refractivity contribution < 1.29 is 13.2 Å². The minimum Gasteiger partial charge on any atom is -0.305 e. The first-order valence-corrected chi connectivity index (χ1v) is 6.90. The van der Waals surface area contributed by atoms with Gasteiger partial charge in [0.05, 0.1) is 0 Å². The number of rotatable bonds is 5. The zero-order chi connectivity index (χ0) is 13.8. The molecule has 0 fully saturated rings. The van der Waals surface area contributed by atoms with Gasteiger partial charge < -0.3 is 5.32 Å². The van der Waals surface area contributed by atoms with Crippen LogP contribution >= 0.6 is 11.3 Å². The molecule has 19 heavy (non-hydrogen) atoms. The molecule has 0 radical (unpaired) electrons. The van der Waals surface area contributed by atoms with E-state index in [2.05, 4.69) is 5.32 Å². The van der Waals surface area contributed by atoms with E-state index in [1.54, 1.807) is 11.3 Å². The predicted octanol–water partition coefficient (Wildman–Crippen LogP) is 4.41. The van der Waals surface area contributed by atoms with Gasteiger partial charge in [-0.2, -0.15) is 0 Å². The Morgan fingerprint density at radius 3 is 2.53 bits per heavy atom. The Morgan fingerprint density at radius 2 is 1.89 bits per heavy atom. The Balaban J connectivity index is 2.08. The fourth-order valence-corrected chi connectivity index (χ4v) is 2.75. The zero-order valence-electron chi connectivity index (χ0n) is 10.4. The van der Waals surface area contributed by atoms with Crippen LogP contribution in [0.4, 0.5) is 13.2 Å². The van der Waals surface area contributed by atoms with E-state index in [1.807, 2.05) is 24.4 Å². The van der Waals surface area contributed by atoms with Gasteiger partial charge >= 0.3 is 0 Å². The number of hydrogen-bond donors (Lipinski definition) is 1. The lowest BCUT2D eigenvalue weighted by molar-refractivity contribution is 0.476. The fourth-order valence-electron chi connectivity index (χ4n) is 1.87. The molecule has 0 aliphatic rings. The minimum atomic E-state index is -1.16. The molecule has 102 valence electrons. The summed E-state index contributed by atoms with van der Waals surface area (Å²) in [4.78, 5) is 1.14. The highest BCUT2D eigenvalue weighted by Gasteiger charge is 2.13. The van der Waals surface area contributed by atoms with Gasteiger partial charge in [0.2, 0.25) is 0 Å². The summed E-state index contributed by atoms with van der Waals surface area (Å²) in [6.45, 7) is 2.18. The SMILES string of the molecule is CCC(NCc1cc(F)c(F)cc1F)c1cccs1. The fraction of sp³-hybridized carbons (Fsp3) is 0.286. The largest absolute Gasteiger partial charge is 0.305 e. The summed E-state index contributed by atoms with van der Waals surface area (Å²) < 4.78 is 39.4. The highest BCUT2D eigenvalue weighted by atomic mass is 32.1. The summed E-state index contributed by atoms with van der Waals surface area (Å²) in [5, 5.41) is 5.13. The zero-order valence-corrected chi connectivity index (χ0v) is 11.2. The lowest BCUT2D eigenvalue weighted by Crippen LogP contribution is -2.20. The summed E-state index contributed by atoms with van der Waals surface area (Å²) in [5.74, 6) is -2.92. The normalized spacial score (nSPS) is 12.6. The van der Waals surface area contributed by atoms with Crippen molar-refractivity contribution in [2.45, 2.75) is 25.9 Å². The van der Waals surface area contributed by atoms with Gasteiger partial charge in [-0.1, -0.05) is 13.0 Å². The molecule has 2 rings (SSSR count). The van der Waals surface area contributed by atoms with Gasteiger partial charge in [-0.15, -0.1) is 11.3 Å². The minimum absolute atomic E-state index is 0.0903. The third-order valence-electron chi connectivity index (χ3n) is 2.92. The lowest BCUT2D eigenvalue weighted by Gasteiger charge is -2.15. The quantitative estimate of drug-likeness (QED) is 0.803. The Hall–Kier alpha value is -1.33. The van der Waals surface area contributed by atoms with Crippen LogP contribution in [0, 0.1) is 17.5 Å². The first-order chi connectivity index (χ1) is 9.11. The lowest BCUT2D eigenvalue weighted by atomic mass is 10.1. The molecule has 0 saturated heterocycles. The average Bonchev–Trinajstić information content (AvgIpc) is 2.90. The molecular weight excluding hydrogens is 271 g/mol.